The molecule has 0 bridgehead atoms. The summed E-state index contributed by atoms with van der Waals surface area (Å²) in [4.78, 5) is 9.66. The summed E-state index contributed by atoms with van der Waals surface area (Å²) in [6, 6.07) is 8.12. The number of hydrogen-bond donors (Lipinski definition) is 1. The molecule has 170 valence electrons. The van der Waals surface area contributed by atoms with Crippen molar-refractivity contribution in [2.24, 2.45) is 4.99 Å². The van der Waals surface area contributed by atoms with E-state index in [0.29, 0.717) is 0 Å². The van der Waals surface area contributed by atoms with Crippen LogP contribution in [0.4, 0.5) is 0 Å². The second kappa shape index (κ2) is 12.6. The van der Waals surface area contributed by atoms with Gasteiger partial charge in [-0.25, -0.2) is 0 Å². The minimum Gasteiger partial charge on any atom is -0.385 e. The zero-order valence-corrected chi connectivity index (χ0v) is 19.4. The first kappa shape index (κ1) is 23.5. The van der Waals surface area contributed by atoms with Gasteiger partial charge in [-0.2, -0.15) is 0 Å². The maximum absolute atomic E-state index is 6.13. The van der Waals surface area contributed by atoms with Crippen LogP contribution in [0, 0.1) is 0 Å². The van der Waals surface area contributed by atoms with Gasteiger partial charge in [0, 0.05) is 77.5 Å². The smallest absolute Gasteiger partial charge is 0.194 e. The quantitative estimate of drug-likeness (QED) is 0.342. The average molecular weight is 448 g/mol. The first-order valence-electron chi connectivity index (χ1n) is 11.0. The number of aryl methyl sites for hydroxylation is 1. The van der Waals surface area contributed by atoms with Crippen LogP contribution in [0.5, 0.6) is 0 Å². The third kappa shape index (κ3) is 7.48. The molecule has 0 radical (unpaired) electrons. The molecular weight excluding hydrogens is 414 g/mol. The summed E-state index contributed by atoms with van der Waals surface area (Å²) in [5.41, 5.74) is 1.26. The monoisotopic (exact) mass is 447 g/mol. The number of nitrogens with one attached hydrogen (secondary N) is 1. The van der Waals surface area contributed by atoms with Crippen LogP contribution in [-0.4, -0.2) is 83.5 Å². The SMILES string of the molecule is CCc1nncn1CCNC(=NCCCOC)N1CCN(Cc2cccc(Cl)c2)CC1. The highest BCUT2D eigenvalue weighted by molar-refractivity contribution is 6.30. The largest absolute Gasteiger partial charge is 0.385 e. The van der Waals surface area contributed by atoms with Crippen LogP contribution in [0.25, 0.3) is 0 Å². The van der Waals surface area contributed by atoms with Crippen LogP contribution >= 0.6 is 11.6 Å². The van der Waals surface area contributed by atoms with Gasteiger partial charge in [-0.15, -0.1) is 10.2 Å². The number of piperazine rings is 1. The van der Waals surface area contributed by atoms with Crippen molar-refractivity contribution in [1.82, 2.24) is 29.9 Å². The number of hydrogen-bond acceptors (Lipinski definition) is 5. The second-order valence-electron chi connectivity index (χ2n) is 7.67. The van der Waals surface area contributed by atoms with E-state index >= 15 is 0 Å². The lowest BCUT2D eigenvalue weighted by Crippen LogP contribution is -2.52. The molecule has 1 saturated heterocycles. The molecule has 0 amide bonds. The molecule has 2 aromatic rings. The van der Waals surface area contributed by atoms with Crippen molar-refractivity contribution >= 4 is 17.6 Å². The van der Waals surface area contributed by atoms with Crippen molar-refractivity contribution in [3.8, 4) is 0 Å². The topological polar surface area (TPSA) is 70.8 Å². The van der Waals surface area contributed by atoms with Gasteiger partial charge in [0.25, 0.3) is 0 Å². The highest BCUT2D eigenvalue weighted by atomic mass is 35.5. The van der Waals surface area contributed by atoms with Crippen LogP contribution < -0.4 is 5.32 Å². The molecule has 1 fully saturated rings. The summed E-state index contributed by atoms with van der Waals surface area (Å²) < 4.78 is 7.26. The fraction of sp³-hybridized carbons (Fsp3) is 0.591. The highest BCUT2D eigenvalue weighted by Crippen LogP contribution is 2.14. The summed E-state index contributed by atoms with van der Waals surface area (Å²) in [5, 5.41) is 12.5. The van der Waals surface area contributed by atoms with Crippen LogP contribution in [0.2, 0.25) is 5.02 Å². The Balaban J connectivity index is 1.52. The van der Waals surface area contributed by atoms with E-state index in [1.54, 1.807) is 13.4 Å². The molecule has 2 heterocycles. The Morgan fingerprint density at radius 3 is 2.84 bits per heavy atom. The molecule has 8 nitrogen and oxygen atoms in total. The van der Waals surface area contributed by atoms with Gasteiger partial charge in [-0.3, -0.25) is 9.89 Å². The van der Waals surface area contributed by atoms with Crippen LogP contribution in [0.3, 0.4) is 0 Å². The Kier molecular flexibility index (Phi) is 9.58. The molecule has 0 spiro atoms. The fourth-order valence-electron chi connectivity index (χ4n) is 3.70. The molecule has 1 aromatic heterocycles. The van der Waals surface area contributed by atoms with E-state index in [0.717, 1.165) is 88.6 Å². The third-order valence-electron chi connectivity index (χ3n) is 5.38. The lowest BCUT2D eigenvalue weighted by molar-refractivity contribution is 0.172. The first-order valence-corrected chi connectivity index (χ1v) is 11.4. The molecule has 0 saturated carbocycles. The summed E-state index contributed by atoms with van der Waals surface area (Å²) >= 11 is 6.13. The number of aromatic nitrogens is 3. The van der Waals surface area contributed by atoms with Gasteiger partial charge in [0.1, 0.15) is 12.2 Å². The van der Waals surface area contributed by atoms with Gasteiger partial charge in [0.05, 0.1) is 0 Å². The predicted molar refractivity (Wildman–Crippen MR) is 124 cm³/mol. The van der Waals surface area contributed by atoms with E-state index in [9.17, 15) is 0 Å². The lowest BCUT2D eigenvalue weighted by Gasteiger charge is -2.36. The van der Waals surface area contributed by atoms with Crippen molar-refractivity contribution in [3.05, 3.63) is 47.0 Å². The fourth-order valence-corrected chi connectivity index (χ4v) is 3.91. The zero-order valence-electron chi connectivity index (χ0n) is 18.6. The summed E-state index contributed by atoms with van der Waals surface area (Å²) in [5.74, 6) is 1.99. The highest BCUT2D eigenvalue weighted by Gasteiger charge is 2.20. The van der Waals surface area contributed by atoms with Gasteiger partial charge in [0.15, 0.2) is 5.96 Å². The Bertz CT molecular complexity index is 818. The number of aliphatic imine (C=N–C) groups is 1. The van der Waals surface area contributed by atoms with E-state index in [1.165, 1.54) is 5.56 Å². The van der Waals surface area contributed by atoms with Crippen molar-refractivity contribution in [3.63, 3.8) is 0 Å². The minimum absolute atomic E-state index is 0.727. The molecule has 0 atom stereocenters. The number of methoxy groups -OCH3 is 1. The van der Waals surface area contributed by atoms with Gasteiger partial charge in [-0.05, 0) is 24.1 Å². The summed E-state index contributed by atoms with van der Waals surface area (Å²) in [7, 11) is 1.73. The maximum atomic E-state index is 6.13. The number of benzene rings is 1. The minimum atomic E-state index is 0.727. The molecule has 1 aliphatic rings. The molecule has 3 rings (SSSR count). The number of nitrogens with zero attached hydrogens (tertiary/aromatic N) is 6. The Hall–Kier alpha value is -2.16. The first-order chi connectivity index (χ1) is 15.2. The number of halogens is 1. The normalized spacial score (nSPS) is 15.5. The van der Waals surface area contributed by atoms with E-state index in [2.05, 4.69) is 42.9 Å². The molecule has 1 aromatic carbocycles. The van der Waals surface area contributed by atoms with Crippen LogP contribution in [-0.2, 0) is 24.2 Å². The Morgan fingerprint density at radius 2 is 2.10 bits per heavy atom. The molecule has 1 N–H and O–H groups in total. The summed E-state index contributed by atoms with van der Waals surface area (Å²) in [6.45, 7) is 10.0. The van der Waals surface area contributed by atoms with Gasteiger partial charge in [0.2, 0.25) is 0 Å². The predicted octanol–water partition coefficient (Wildman–Crippen LogP) is 2.29. The average Bonchev–Trinajstić information content (AvgIpc) is 3.24. The van der Waals surface area contributed by atoms with Crippen LogP contribution in [0.1, 0.15) is 24.7 Å². The standard InChI is InChI=1S/C22H34ClN7O/c1-3-21-27-26-18-30(21)10-9-25-22(24-8-5-15-31-2)29-13-11-28(12-14-29)17-19-6-4-7-20(23)16-19/h4,6-7,16,18H,3,5,8-15,17H2,1-2H3,(H,24,25). The Morgan fingerprint density at radius 1 is 1.26 bits per heavy atom. The molecule has 9 heteroatoms. The third-order valence-corrected chi connectivity index (χ3v) is 5.62. The van der Waals surface area contributed by atoms with Gasteiger partial charge < -0.3 is 19.5 Å². The molecule has 31 heavy (non-hydrogen) atoms. The second-order valence-corrected chi connectivity index (χ2v) is 8.10. The van der Waals surface area contributed by atoms with Crippen molar-refractivity contribution < 1.29 is 4.74 Å². The van der Waals surface area contributed by atoms with E-state index < -0.39 is 0 Å². The van der Waals surface area contributed by atoms with Gasteiger partial charge in [-0.1, -0.05) is 30.7 Å². The maximum Gasteiger partial charge on any atom is 0.194 e. The molecule has 0 unspecified atom stereocenters. The zero-order chi connectivity index (χ0) is 21.9. The van der Waals surface area contributed by atoms with Crippen molar-refractivity contribution in [2.75, 3.05) is 53.0 Å². The lowest BCUT2D eigenvalue weighted by atomic mass is 10.2. The molecular formula is C22H34ClN7O. The van der Waals surface area contributed by atoms with Crippen LogP contribution in [0.15, 0.2) is 35.6 Å². The summed E-state index contributed by atoms with van der Waals surface area (Å²) in [6.07, 6.45) is 3.60. The number of guanidine groups is 1. The molecule has 0 aliphatic carbocycles. The van der Waals surface area contributed by atoms with Crippen molar-refractivity contribution in [2.45, 2.75) is 32.9 Å². The Labute approximate surface area is 190 Å². The van der Waals surface area contributed by atoms with Crippen molar-refractivity contribution in [1.29, 1.82) is 0 Å². The molecule has 1 aliphatic heterocycles. The number of ether oxygens (including phenoxy) is 1. The van der Waals surface area contributed by atoms with E-state index in [-0.39, 0.29) is 0 Å². The van der Waals surface area contributed by atoms with E-state index in [1.807, 2.05) is 18.2 Å². The number of rotatable bonds is 10. The van der Waals surface area contributed by atoms with Gasteiger partial charge >= 0.3 is 0 Å². The van der Waals surface area contributed by atoms with E-state index in [4.69, 9.17) is 21.3 Å².